The third kappa shape index (κ3) is 3.15. The fraction of sp³-hybridized carbons (Fsp3) is 0.238. The Hall–Kier alpha value is -3.16. The molecule has 28 heavy (non-hydrogen) atoms. The molecule has 1 amide bonds. The van der Waals surface area contributed by atoms with Crippen molar-refractivity contribution < 1.29 is 9.90 Å². The van der Waals surface area contributed by atoms with Crippen LogP contribution in [0.2, 0.25) is 0 Å². The largest absolute Gasteiger partial charge is 0.387 e. The Bertz CT molecular complexity index is 1040. The molecule has 0 aliphatic carbocycles. The van der Waals surface area contributed by atoms with Crippen LogP contribution in [0.4, 0.5) is 0 Å². The number of rotatable bonds is 4. The molecule has 1 aromatic carbocycles. The SMILES string of the molecule is Cc1cccn(CC2(c3cccc(C4=CCNC=C4)c3)NC(O)NC2=O)c1=O. The Morgan fingerprint density at radius 3 is 2.82 bits per heavy atom. The lowest BCUT2D eigenvalue weighted by Gasteiger charge is -2.29. The lowest BCUT2D eigenvalue weighted by Crippen LogP contribution is -2.49. The molecule has 0 bridgehead atoms. The third-order valence-electron chi connectivity index (χ3n) is 5.17. The summed E-state index contributed by atoms with van der Waals surface area (Å²) in [5.41, 5.74) is 1.85. The van der Waals surface area contributed by atoms with E-state index in [1.165, 1.54) is 4.57 Å². The number of carbonyl (C=O) groups excluding carboxylic acids is 1. The zero-order chi connectivity index (χ0) is 19.7. The molecule has 0 saturated carbocycles. The van der Waals surface area contributed by atoms with Crippen molar-refractivity contribution in [3.05, 3.63) is 88.0 Å². The summed E-state index contributed by atoms with van der Waals surface area (Å²) in [5, 5.41) is 18.6. The Kier molecular flexibility index (Phi) is 4.62. The zero-order valence-electron chi connectivity index (χ0n) is 15.5. The highest BCUT2D eigenvalue weighted by Gasteiger charge is 2.48. The molecule has 1 saturated heterocycles. The Morgan fingerprint density at radius 2 is 2.11 bits per heavy atom. The van der Waals surface area contributed by atoms with Crippen molar-refractivity contribution in [1.29, 1.82) is 0 Å². The van der Waals surface area contributed by atoms with Gasteiger partial charge in [-0.25, -0.2) is 0 Å². The van der Waals surface area contributed by atoms with E-state index in [2.05, 4.69) is 22.0 Å². The summed E-state index contributed by atoms with van der Waals surface area (Å²) >= 11 is 0. The summed E-state index contributed by atoms with van der Waals surface area (Å²) in [6.45, 7) is 2.53. The second kappa shape index (κ2) is 7.10. The lowest BCUT2D eigenvalue weighted by molar-refractivity contribution is -0.125. The van der Waals surface area contributed by atoms with E-state index in [4.69, 9.17) is 0 Å². The molecule has 144 valence electrons. The number of aliphatic hydroxyl groups excluding tert-OH is 1. The first-order chi connectivity index (χ1) is 13.5. The van der Waals surface area contributed by atoms with Crippen LogP contribution in [0.25, 0.3) is 5.57 Å². The van der Waals surface area contributed by atoms with Crippen LogP contribution < -0.4 is 21.5 Å². The van der Waals surface area contributed by atoms with Crippen LogP contribution in [0.15, 0.2) is 65.7 Å². The molecular formula is C21H22N4O3. The molecule has 2 atom stereocenters. The maximum atomic E-state index is 12.9. The average Bonchev–Trinajstić information content (AvgIpc) is 3.00. The van der Waals surface area contributed by atoms with Crippen molar-refractivity contribution in [2.24, 2.45) is 0 Å². The number of pyridine rings is 1. The molecule has 3 heterocycles. The fourth-order valence-corrected chi connectivity index (χ4v) is 3.67. The number of nitrogens with one attached hydrogen (secondary N) is 3. The summed E-state index contributed by atoms with van der Waals surface area (Å²) in [6.07, 6.45) is 6.38. The van der Waals surface area contributed by atoms with Gasteiger partial charge in [0.2, 0.25) is 5.91 Å². The monoisotopic (exact) mass is 378 g/mol. The van der Waals surface area contributed by atoms with Gasteiger partial charge in [-0.15, -0.1) is 0 Å². The molecule has 4 rings (SSSR count). The van der Waals surface area contributed by atoms with Gasteiger partial charge in [-0.2, -0.15) is 0 Å². The number of aliphatic hydroxyl groups is 1. The molecule has 0 spiro atoms. The van der Waals surface area contributed by atoms with Crippen LogP contribution in [-0.4, -0.2) is 28.5 Å². The number of dihydropyridines is 1. The standard InChI is InChI=1S/C21H22N4O3/c1-14-4-3-11-25(18(14)26)13-21(19(27)23-20(28)24-21)17-6-2-5-16(12-17)15-7-9-22-10-8-15/h2-9,11-12,20,22,24,28H,10,13H2,1H3,(H,23,27). The van der Waals surface area contributed by atoms with E-state index in [0.717, 1.165) is 17.7 Å². The van der Waals surface area contributed by atoms with Gasteiger partial charge < -0.3 is 20.3 Å². The number of allylic oxidation sites excluding steroid dienone is 2. The highest BCUT2D eigenvalue weighted by atomic mass is 16.3. The predicted octanol–water partition coefficient (Wildman–Crippen LogP) is 0.548. The number of amides is 1. The highest BCUT2D eigenvalue weighted by molar-refractivity contribution is 5.90. The highest BCUT2D eigenvalue weighted by Crippen LogP contribution is 2.30. The molecule has 4 N–H and O–H groups in total. The minimum absolute atomic E-state index is 0.0658. The molecule has 1 aromatic heterocycles. The van der Waals surface area contributed by atoms with Gasteiger partial charge in [-0.3, -0.25) is 14.9 Å². The Balaban J connectivity index is 1.80. The number of nitrogens with zero attached hydrogens (tertiary/aromatic N) is 1. The maximum absolute atomic E-state index is 12.9. The van der Waals surface area contributed by atoms with Crippen molar-refractivity contribution in [3.8, 4) is 0 Å². The maximum Gasteiger partial charge on any atom is 0.253 e. The normalized spacial score (nSPS) is 23.9. The molecule has 2 aromatic rings. The van der Waals surface area contributed by atoms with Gasteiger partial charge in [0.15, 0.2) is 6.35 Å². The second-order valence-corrected chi connectivity index (χ2v) is 7.03. The fourth-order valence-electron chi connectivity index (χ4n) is 3.67. The zero-order valence-corrected chi connectivity index (χ0v) is 15.5. The van der Waals surface area contributed by atoms with Gasteiger partial charge in [-0.05, 0) is 48.0 Å². The van der Waals surface area contributed by atoms with Gasteiger partial charge in [0.1, 0.15) is 5.54 Å². The molecule has 2 aliphatic rings. The van der Waals surface area contributed by atoms with Gasteiger partial charge in [0.25, 0.3) is 5.56 Å². The van der Waals surface area contributed by atoms with Crippen LogP contribution in [0.5, 0.6) is 0 Å². The number of hydrogen-bond acceptors (Lipinski definition) is 5. The van der Waals surface area contributed by atoms with Crippen molar-refractivity contribution in [1.82, 2.24) is 20.5 Å². The van der Waals surface area contributed by atoms with Crippen LogP contribution in [0.3, 0.4) is 0 Å². The minimum Gasteiger partial charge on any atom is -0.387 e. The lowest BCUT2D eigenvalue weighted by atomic mass is 9.87. The van der Waals surface area contributed by atoms with Crippen molar-refractivity contribution in [2.45, 2.75) is 25.4 Å². The van der Waals surface area contributed by atoms with E-state index in [-0.39, 0.29) is 18.0 Å². The van der Waals surface area contributed by atoms with Crippen LogP contribution in [-0.2, 0) is 16.9 Å². The number of aromatic nitrogens is 1. The summed E-state index contributed by atoms with van der Waals surface area (Å²) in [7, 11) is 0. The second-order valence-electron chi connectivity index (χ2n) is 7.03. The molecule has 0 radical (unpaired) electrons. The first-order valence-corrected chi connectivity index (χ1v) is 9.13. The quantitative estimate of drug-likeness (QED) is 0.623. The van der Waals surface area contributed by atoms with E-state index in [1.807, 2.05) is 36.5 Å². The van der Waals surface area contributed by atoms with Gasteiger partial charge in [-0.1, -0.05) is 30.3 Å². The van der Waals surface area contributed by atoms with Gasteiger partial charge in [0, 0.05) is 18.3 Å². The Labute approximate surface area is 162 Å². The smallest absolute Gasteiger partial charge is 0.253 e. The number of aryl methyl sites for hydroxylation is 1. The van der Waals surface area contributed by atoms with Crippen LogP contribution in [0, 0.1) is 6.92 Å². The summed E-state index contributed by atoms with van der Waals surface area (Å²) in [4.78, 5) is 25.5. The number of benzene rings is 1. The van der Waals surface area contributed by atoms with E-state index in [0.29, 0.717) is 11.1 Å². The van der Waals surface area contributed by atoms with Crippen LogP contribution in [0.1, 0.15) is 16.7 Å². The molecule has 2 unspecified atom stereocenters. The van der Waals surface area contributed by atoms with Gasteiger partial charge >= 0.3 is 0 Å². The molecule has 2 aliphatic heterocycles. The molecule has 7 heteroatoms. The van der Waals surface area contributed by atoms with Crippen molar-refractivity contribution in [2.75, 3.05) is 6.54 Å². The first-order valence-electron chi connectivity index (χ1n) is 9.13. The topological polar surface area (TPSA) is 95.4 Å². The molecule has 7 nitrogen and oxygen atoms in total. The molecule has 1 fully saturated rings. The number of hydrogen-bond donors (Lipinski definition) is 4. The van der Waals surface area contributed by atoms with Gasteiger partial charge in [0.05, 0.1) is 6.54 Å². The average molecular weight is 378 g/mol. The molecular weight excluding hydrogens is 356 g/mol. The van der Waals surface area contributed by atoms with Crippen LogP contribution >= 0.6 is 0 Å². The predicted molar refractivity (Wildman–Crippen MR) is 106 cm³/mol. The summed E-state index contributed by atoms with van der Waals surface area (Å²) < 4.78 is 1.50. The number of carbonyl (C=O) groups is 1. The first kappa shape index (κ1) is 18.2. The summed E-state index contributed by atoms with van der Waals surface area (Å²) in [6, 6.07) is 11.1. The Morgan fingerprint density at radius 1 is 1.25 bits per heavy atom. The minimum atomic E-state index is -1.26. The van der Waals surface area contributed by atoms with Crippen molar-refractivity contribution >= 4 is 11.5 Å². The third-order valence-corrected chi connectivity index (χ3v) is 5.17. The summed E-state index contributed by atoms with van der Waals surface area (Å²) in [5.74, 6) is -0.375. The van der Waals surface area contributed by atoms with E-state index in [9.17, 15) is 14.7 Å². The van der Waals surface area contributed by atoms with Crippen molar-refractivity contribution in [3.63, 3.8) is 0 Å². The van der Waals surface area contributed by atoms with E-state index in [1.54, 1.807) is 25.3 Å². The van der Waals surface area contributed by atoms with E-state index >= 15 is 0 Å². The van der Waals surface area contributed by atoms with E-state index < -0.39 is 11.9 Å².